The number of hydrogen-bond donors (Lipinski definition) is 1. The molecule has 0 spiro atoms. The summed E-state index contributed by atoms with van der Waals surface area (Å²) >= 11 is 0. The smallest absolute Gasteiger partial charge is 0.253 e. The van der Waals surface area contributed by atoms with E-state index in [2.05, 4.69) is 9.97 Å². The van der Waals surface area contributed by atoms with E-state index in [1.165, 1.54) is 0 Å². The number of piperidine rings is 1. The third-order valence-electron chi connectivity index (χ3n) is 4.62. The molecule has 0 bridgehead atoms. The predicted molar refractivity (Wildman–Crippen MR) is 98.4 cm³/mol. The van der Waals surface area contributed by atoms with E-state index in [1.807, 2.05) is 4.90 Å². The zero-order valence-corrected chi connectivity index (χ0v) is 15.1. The molecule has 1 aliphatic heterocycles. The molecule has 1 amide bonds. The Hall–Kier alpha value is -2.67. The van der Waals surface area contributed by atoms with Crippen LogP contribution >= 0.6 is 0 Å². The number of aliphatic hydroxyl groups is 1. The van der Waals surface area contributed by atoms with Crippen LogP contribution in [0.4, 0.5) is 5.82 Å². The summed E-state index contributed by atoms with van der Waals surface area (Å²) in [6.07, 6.45) is 6.42. The summed E-state index contributed by atoms with van der Waals surface area (Å²) in [6.45, 7) is 1.48. The van der Waals surface area contributed by atoms with Crippen LogP contribution in [0.1, 0.15) is 23.2 Å². The van der Waals surface area contributed by atoms with Gasteiger partial charge in [0.2, 0.25) is 0 Å². The Kier molecular flexibility index (Phi) is 5.37. The molecule has 7 heteroatoms. The molecule has 1 N–H and O–H groups in total. The fourth-order valence-electron chi connectivity index (χ4n) is 3.38. The molecule has 1 aromatic heterocycles. The Labute approximate surface area is 153 Å². The van der Waals surface area contributed by atoms with Crippen molar-refractivity contribution in [3.8, 4) is 5.75 Å². The average Bonchev–Trinajstić information content (AvgIpc) is 2.67. The lowest BCUT2D eigenvalue weighted by Crippen LogP contribution is -2.54. The minimum Gasteiger partial charge on any atom is -0.497 e. The zero-order chi connectivity index (χ0) is 18.6. The second-order valence-electron chi connectivity index (χ2n) is 6.71. The predicted octanol–water partition coefficient (Wildman–Crippen LogP) is 1.59. The Morgan fingerprint density at radius 1 is 1.42 bits per heavy atom. The molecule has 1 fully saturated rings. The highest BCUT2D eigenvalue weighted by atomic mass is 16.5. The molecule has 2 heterocycles. The van der Waals surface area contributed by atoms with Crippen molar-refractivity contribution in [2.75, 3.05) is 38.7 Å². The number of anilines is 1. The first-order valence-corrected chi connectivity index (χ1v) is 8.64. The molecule has 3 rings (SSSR count). The number of carbonyl (C=O) groups excluding carboxylic acids is 1. The molecule has 0 aliphatic carbocycles. The van der Waals surface area contributed by atoms with Crippen LogP contribution in [0.3, 0.4) is 0 Å². The number of likely N-dealkylation sites (N-methyl/N-ethyl adjacent to an activating group) is 1. The van der Waals surface area contributed by atoms with E-state index >= 15 is 0 Å². The van der Waals surface area contributed by atoms with E-state index in [4.69, 9.17) is 4.74 Å². The van der Waals surface area contributed by atoms with E-state index in [9.17, 15) is 9.90 Å². The van der Waals surface area contributed by atoms with E-state index in [1.54, 1.807) is 61.9 Å². The standard InChI is InChI=1S/C19H24N4O3/c1-22(18(24)15-5-3-6-16(11-15)26-2)13-19(25)7-4-10-23(14-19)17-12-20-8-9-21-17/h3,5-6,8-9,11-12,25H,4,7,10,13-14H2,1-2H3/t19-/m0/s1. The lowest BCUT2D eigenvalue weighted by molar-refractivity contribution is -0.000149. The first-order valence-electron chi connectivity index (χ1n) is 8.64. The first kappa shape index (κ1) is 18.1. The normalized spacial score (nSPS) is 19.9. The molecule has 7 nitrogen and oxygen atoms in total. The number of carbonyl (C=O) groups is 1. The van der Waals surface area contributed by atoms with Crippen molar-refractivity contribution in [1.82, 2.24) is 14.9 Å². The summed E-state index contributed by atoms with van der Waals surface area (Å²) in [4.78, 5) is 24.7. The molecule has 1 aromatic carbocycles. The maximum absolute atomic E-state index is 12.7. The van der Waals surface area contributed by atoms with Gasteiger partial charge in [-0.3, -0.25) is 9.78 Å². The van der Waals surface area contributed by atoms with Crippen LogP contribution in [0.15, 0.2) is 42.9 Å². The highest BCUT2D eigenvalue weighted by Crippen LogP contribution is 2.25. The summed E-state index contributed by atoms with van der Waals surface area (Å²) in [5.74, 6) is 1.23. The summed E-state index contributed by atoms with van der Waals surface area (Å²) < 4.78 is 5.18. The van der Waals surface area contributed by atoms with Gasteiger partial charge in [0.1, 0.15) is 11.6 Å². The number of amides is 1. The van der Waals surface area contributed by atoms with Gasteiger partial charge in [0, 0.05) is 38.1 Å². The fraction of sp³-hybridized carbons (Fsp3) is 0.421. The number of benzene rings is 1. The van der Waals surface area contributed by atoms with E-state index in [0.717, 1.165) is 18.8 Å². The van der Waals surface area contributed by atoms with Gasteiger partial charge in [0.15, 0.2) is 0 Å². The van der Waals surface area contributed by atoms with Crippen LogP contribution in [-0.4, -0.2) is 65.3 Å². The maximum Gasteiger partial charge on any atom is 0.253 e. The number of rotatable bonds is 5. The van der Waals surface area contributed by atoms with Gasteiger partial charge in [-0.05, 0) is 31.0 Å². The van der Waals surface area contributed by atoms with Gasteiger partial charge in [-0.2, -0.15) is 0 Å². The molecule has 2 aromatic rings. The van der Waals surface area contributed by atoms with Crippen molar-refractivity contribution in [2.45, 2.75) is 18.4 Å². The molecular formula is C19H24N4O3. The molecule has 1 saturated heterocycles. The number of β-amino-alcohol motifs (C(OH)–C–C–N with tert-alkyl or cyclic N) is 1. The minimum atomic E-state index is -0.987. The molecule has 0 radical (unpaired) electrons. The molecule has 0 unspecified atom stereocenters. The highest BCUT2D eigenvalue weighted by Gasteiger charge is 2.36. The lowest BCUT2D eigenvalue weighted by atomic mass is 9.92. The van der Waals surface area contributed by atoms with Gasteiger partial charge in [0.05, 0.1) is 25.5 Å². The quantitative estimate of drug-likeness (QED) is 0.876. The summed E-state index contributed by atoms with van der Waals surface area (Å²) in [5, 5.41) is 11.1. The van der Waals surface area contributed by atoms with Crippen LogP contribution in [0.2, 0.25) is 0 Å². The van der Waals surface area contributed by atoms with Crippen molar-refractivity contribution in [3.63, 3.8) is 0 Å². The van der Waals surface area contributed by atoms with E-state index in [-0.39, 0.29) is 12.5 Å². The molecule has 26 heavy (non-hydrogen) atoms. The number of ether oxygens (including phenoxy) is 1. The SMILES string of the molecule is COc1cccc(C(=O)N(C)C[C@@]2(O)CCCN(c3cnccn3)C2)c1. The monoisotopic (exact) mass is 356 g/mol. The van der Waals surface area contributed by atoms with Crippen LogP contribution in [0.25, 0.3) is 0 Å². The van der Waals surface area contributed by atoms with Gasteiger partial charge in [0.25, 0.3) is 5.91 Å². The Morgan fingerprint density at radius 3 is 3.00 bits per heavy atom. The molecule has 0 saturated carbocycles. The Balaban J connectivity index is 1.69. The van der Waals surface area contributed by atoms with Gasteiger partial charge < -0.3 is 19.6 Å². The molecule has 138 valence electrons. The van der Waals surface area contributed by atoms with E-state index < -0.39 is 5.60 Å². The van der Waals surface area contributed by atoms with Crippen molar-refractivity contribution in [3.05, 3.63) is 48.4 Å². The largest absolute Gasteiger partial charge is 0.497 e. The second kappa shape index (κ2) is 7.70. The van der Waals surface area contributed by atoms with Gasteiger partial charge in [-0.1, -0.05) is 6.07 Å². The van der Waals surface area contributed by atoms with Crippen LogP contribution in [-0.2, 0) is 0 Å². The van der Waals surface area contributed by atoms with Gasteiger partial charge in [-0.15, -0.1) is 0 Å². The van der Waals surface area contributed by atoms with Crippen LogP contribution in [0.5, 0.6) is 5.75 Å². The summed E-state index contributed by atoms with van der Waals surface area (Å²) in [5.41, 5.74) is -0.448. The third-order valence-corrected chi connectivity index (χ3v) is 4.62. The summed E-state index contributed by atoms with van der Waals surface area (Å²) in [7, 11) is 3.28. The second-order valence-corrected chi connectivity index (χ2v) is 6.71. The molecule has 1 aliphatic rings. The Bertz CT molecular complexity index is 755. The third kappa shape index (κ3) is 4.11. The average molecular weight is 356 g/mol. The van der Waals surface area contributed by atoms with Crippen molar-refractivity contribution in [1.29, 1.82) is 0 Å². The molecule has 1 atom stereocenters. The first-order chi connectivity index (χ1) is 12.5. The van der Waals surface area contributed by atoms with Gasteiger partial charge >= 0.3 is 0 Å². The van der Waals surface area contributed by atoms with Crippen molar-refractivity contribution in [2.24, 2.45) is 0 Å². The topological polar surface area (TPSA) is 78.8 Å². The lowest BCUT2D eigenvalue weighted by Gasteiger charge is -2.41. The number of hydrogen-bond acceptors (Lipinski definition) is 6. The van der Waals surface area contributed by atoms with Crippen LogP contribution in [0, 0.1) is 0 Å². The Morgan fingerprint density at radius 2 is 2.27 bits per heavy atom. The summed E-state index contributed by atoms with van der Waals surface area (Å²) in [6, 6.07) is 7.03. The maximum atomic E-state index is 12.7. The highest BCUT2D eigenvalue weighted by molar-refractivity contribution is 5.94. The van der Waals surface area contributed by atoms with Crippen LogP contribution < -0.4 is 9.64 Å². The van der Waals surface area contributed by atoms with Crippen molar-refractivity contribution < 1.29 is 14.6 Å². The number of aromatic nitrogens is 2. The van der Waals surface area contributed by atoms with Crippen molar-refractivity contribution >= 4 is 11.7 Å². The number of nitrogens with zero attached hydrogens (tertiary/aromatic N) is 4. The zero-order valence-electron chi connectivity index (χ0n) is 15.1. The minimum absolute atomic E-state index is 0.144. The number of methoxy groups -OCH3 is 1. The molecular weight excluding hydrogens is 332 g/mol. The fourth-order valence-corrected chi connectivity index (χ4v) is 3.38. The van der Waals surface area contributed by atoms with E-state index in [0.29, 0.717) is 24.3 Å². The van der Waals surface area contributed by atoms with Gasteiger partial charge in [-0.25, -0.2) is 4.98 Å².